The second kappa shape index (κ2) is 5.93. The van der Waals surface area contributed by atoms with Crippen LogP contribution in [-0.2, 0) is 9.53 Å². The molecule has 20 heavy (non-hydrogen) atoms. The Morgan fingerprint density at radius 2 is 2.25 bits per heavy atom. The maximum Gasteiger partial charge on any atom is 0.227 e. The zero-order valence-electron chi connectivity index (χ0n) is 11.8. The molecule has 4 unspecified atom stereocenters. The number of hydrogen-bond acceptors (Lipinski definition) is 4. The van der Waals surface area contributed by atoms with Crippen LogP contribution in [-0.4, -0.2) is 47.8 Å². The van der Waals surface area contributed by atoms with Gasteiger partial charge in [-0.25, -0.2) is 4.98 Å². The van der Waals surface area contributed by atoms with E-state index in [2.05, 4.69) is 20.2 Å². The topological polar surface area (TPSA) is 68.2 Å². The van der Waals surface area contributed by atoms with Crippen molar-refractivity contribution < 1.29 is 9.53 Å². The van der Waals surface area contributed by atoms with Crippen molar-refractivity contribution in [2.45, 2.75) is 37.4 Å². The Labute approximate surface area is 118 Å². The van der Waals surface area contributed by atoms with Gasteiger partial charge in [0.25, 0.3) is 0 Å². The number of ether oxygens (including phenoxy) is 1. The van der Waals surface area contributed by atoms with E-state index >= 15 is 0 Å². The Morgan fingerprint density at radius 3 is 3.00 bits per heavy atom. The molecule has 1 aliphatic heterocycles. The number of amides is 1. The van der Waals surface area contributed by atoms with E-state index in [0.717, 1.165) is 19.3 Å². The molecule has 1 aliphatic carbocycles. The zero-order chi connectivity index (χ0) is 13.9. The van der Waals surface area contributed by atoms with Crippen LogP contribution in [0.25, 0.3) is 0 Å². The fourth-order valence-electron chi connectivity index (χ4n) is 3.32. The normalized spacial score (nSPS) is 33.5. The Morgan fingerprint density at radius 1 is 1.35 bits per heavy atom. The number of carbonyl (C=O) groups excluding carboxylic acids is 1. The summed E-state index contributed by atoms with van der Waals surface area (Å²) in [6.07, 6.45) is 8.88. The van der Waals surface area contributed by atoms with Crippen molar-refractivity contribution in [1.29, 1.82) is 0 Å². The summed E-state index contributed by atoms with van der Waals surface area (Å²) < 4.78 is 7.52. The van der Waals surface area contributed by atoms with Gasteiger partial charge in [0.2, 0.25) is 5.91 Å². The molecule has 3 rings (SSSR count). The van der Waals surface area contributed by atoms with Gasteiger partial charge >= 0.3 is 0 Å². The molecule has 0 aromatic carbocycles. The van der Waals surface area contributed by atoms with Crippen molar-refractivity contribution in [2.75, 3.05) is 20.3 Å². The predicted octanol–water partition coefficient (Wildman–Crippen LogP) is 0.327. The van der Waals surface area contributed by atoms with Gasteiger partial charge in [-0.3, -0.25) is 4.79 Å². The SMILES string of the molecule is CNC1COCC1C(=O)NC1CCCC1n1ccnc1. The summed E-state index contributed by atoms with van der Waals surface area (Å²) in [6.45, 7) is 1.13. The Balaban J connectivity index is 1.63. The quantitative estimate of drug-likeness (QED) is 0.833. The third kappa shape index (κ3) is 2.58. The fourth-order valence-corrected chi connectivity index (χ4v) is 3.32. The molecule has 1 saturated heterocycles. The second-order valence-corrected chi connectivity index (χ2v) is 5.66. The monoisotopic (exact) mass is 278 g/mol. The van der Waals surface area contributed by atoms with E-state index in [9.17, 15) is 4.79 Å². The summed E-state index contributed by atoms with van der Waals surface area (Å²) in [4.78, 5) is 16.5. The molecule has 0 spiro atoms. The van der Waals surface area contributed by atoms with Crippen LogP contribution in [0.1, 0.15) is 25.3 Å². The number of hydrogen-bond donors (Lipinski definition) is 2. The Bertz CT molecular complexity index is 448. The van der Waals surface area contributed by atoms with Gasteiger partial charge in [-0.2, -0.15) is 0 Å². The summed E-state index contributed by atoms with van der Waals surface area (Å²) in [6, 6.07) is 0.662. The number of nitrogens with zero attached hydrogens (tertiary/aromatic N) is 2. The van der Waals surface area contributed by atoms with Crippen LogP contribution in [0, 0.1) is 5.92 Å². The second-order valence-electron chi connectivity index (χ2n) is 5.66. The first-order chi connectivity index (χ1) is 9.79. The molecule has 110 valence electrons. The lowest BCUT2D eigenvalue weighted by molar-refractivity contribution is -0.126. The predicted molar refractivity (Wildman–Crippen MR) is 74.2 cm³/mol. The van der Waals surface area contributed by atoms with E-state index in [1.54, 1.807) is 6.20 Å². The van der Waals surface area contributed by atoms with Crippen LogP contribution in [0.15, 0.2) is 18.7 Å². The lowest BCUT2D eigenvalue weighted by Gasteiger charge is -2.25. The van der Waals surface area contributed by atoms with Crippen LogP contribution < -0.4 is 10.6 Å². The van der Waals surface area contributed by atoms with Gasteiger partial charge in [-0.15, -0.1) is 0 Å². The van der Waals surface area contributed by atoms with Crippen molar-refractivity contribution in [2.24, 2.45) is 5.92 Å². The lowest BCUT2D eigenvalue weighted by atomic mass is 10.0. The van der Waals surface area contributed by atoms with E-state index in [1.165, 1.54) is 0 Å². The molecular weight excluding hydrogens is 256 g/mol. The number of aromatic nitrogens is 2. The Hall–Kier alpha value is -1.40. The van der Waals surface area contributed by atoms with Crippen molar-refractivity contribution in [1.82, 2.24) is 20.2 Å². The van der Waals surface area contributed by atoms with Crippen LogP contribution in [0.4, 0.5) is 0 Å². The summed E-state index contributed by atoms with van der Waals surface area (Å²) >= 11 is 0. The minimum atomic E-state index is -0.0796. The van der Waals surface area contributed by atoms with Gasteiger partial charge in [0.1, 0.15) is 0 Å². The molecule has 0 bridgehead atoms. The highest BCUT2D eigenvalue weighted by Crippen LogP contribution is 2.30. The number of carbonyl (C=O) groups is 1. The fraction of sp³-hybridized carbons (Fsp3) is 0.714. The molecule has 1 saturated carbocycles. The molecule has 4 atom stereocenters. The van der Waals surface area contributed by atoms with Gasteiger partial charge < -0.3 is 19.9 Å². The summed E-state index contributed by atoms with van der Waals surface area (Å²) in [7, 11) is 1.88. The van der Waals surface area contributed by atoms with Gasteiger partial charge in [-0.1, -0.05) is 0 Å². The van der Waals surface area contributed by atoms with E-state index in [4.69, 9.17) is 4.74 Å². The van der Waals surface area contributed by atoms with Gasteiger partial charge in [0.15, 0.2) is 0 Å². The Kier molecular flexibility index (Phi) is 4.03. The molecule has 2 N–H and O–H groups in total. The summed E-state index contributed by atoms with van der Waals surface area (Å²) in [5, 5.41) is 6.37. The standard InChI is InChI=1S/C14H22N4O2/c1-15-12-8-20-7-10(12)14(19)17-11-3-2-4-13(11)18-6-5-16-9-18/h5-6,9-13,15H,2-4,7-8H2,1H3,(H,17,19). The van der Waals surface area contributed by atoms with Crippen molar-refractivity contribution >= 4 is 5.91 Å². The van der Waals surface area contributed by atoms with Crippen molar-refractivity contribution in [3.05, 3.63) is 18.7 Å². The van der Waals surface area contributed by atoms with E-state index in [-0.39, 0.29) is 23.9 Å². The average molecular weight is 278 g/mol. The number of rotatable bonds is 4. The molecular formula is C14H22N4O2. The van der Waals surface area contributed by atoms with Crippen LogP contribution >= 0.6 is 0 Å². The zero-order valence-corrected chi connectivity index (χ0v) is 11.8. The molecule has 1 aromatic heterocycles. The summed E-state index contributed by atoms with van der Waals surface area (Å²) in [5.74, 6) is 0.0305. The van der Waals surface area contributed by atoms with Crippen molar-refractivity contribution in [3.8, 4) is 0 Å². The van der Waals surface area contributed by atoms with Gasteiger partial charge in [0.05, 0.1) is 31.5 Å². The smallest absolute Gasteiger partial charge is 0.227 e. The molecule has 6 nitrogen and oxygen atoms in total. The number of imidazole rings is 1. The first kappa shape index (κ1) is 13.6. The third-order valence-electron chi connectivity index (χ3n) is 4.50. The lowest BCUT2D eigenvalue weighted by Crippen LogP contribution is -2.47. The molecule has 6 heteroatoms. The van der Waals surface area contributed by atoms with E-state index in [1.807, 2.05) is 19.6 Å². The summed E-state index contributed by atoms with van der Waals surface area (Å²) in [5.41, 5.74) is 0. The highest BCUT2D eigenvalue weighted by atomic mass is 16.5. The number of likely N-dealkylation sites (N-methyl/N-ethyl adjacent to an activating group) is 1. The van der Waals surface area contributed by atoms with Gasteiger partial charge in [-0.05, 0) is 26.3 Å². The molecule has 1 aromatic rings. The minimum Gasteiger partial charge on any atom is -0.379 e. The number of nitrogens with one attached hydrogen (secondary N) is 2. The van der Waals surface area contributed by atoms with Gasteiger partial charge in [0, 0.05) is 24.5 Å². The molecule has 1 amide bonds. The first-order valence-electron chi connectivity index (χ1n) is 7.32. The average Bonchev–Trinajstić information content (AvgIpc) is 3.19. The third-order valence-corrected chi connectivity index (χ3v) is 4.50. The van der Waals surface area contributed by atoms with Crippen LogP contribution in [0.2, 0.25) is 0 Å². The highest BCUT2D eigenvalue weighted by molar-refractivity contribution is 5.80. The van der Waals surface area contributed by atoms with E-state index in [0.29, 0.717) is 19.3 Å². The largest absolute Gasteiger partial charge is 0.379 e. The highest BCUT2D eigenvalue weighted by Gasteiger charge is 2.36. The first-order valence-corrected chi connectivity index (χ1v) is 7.32. The van der Waals surface area contributed by atoms with Crippen molar-refractivity contribution in [3.63, 3.8) is 0 Å². The maximum atomic E-state index is 12.4. The van der Waals surface area contributed by atoms with E-state index < -0.39 is 0 Å². The maximum absolute atomic E-state index is 12.4. The molecule has 2 fully saturated rings. The minimum absolute atomic E-state index is 0.0796. The van der Waals surface area contributed by atoms with Crippen LogP contribution in [0.3, 0.4) is 0 Å². The molecule has 0 radical (unpaired) electrons. The molecule has 2 aliphatic rings. The molecule has 2 heterocycles. The van der Waals surface area contributed by atoms with Crippen LogP contribution in [0.5, 0.6) is 0 Å².